The van der Waals surface area contributed by atoms with E-state index < -0.39 is 0 Å². The molecule has 1 heterocycles. The van der Waals surface area contributed by atoms with E-state index in [0.29, 0.717) is 11.3 Å². The number of thiocarbonyl (C=S) groups is 1. The molecule has 0 aliphatic carbocycles. The van der Waals surface area contributed by atoms with Gasteiger partial charge < -0.3 is 10.1 Å². The minimum absolute atomic E-state index is 0.00814. The third kappa shape index (κ3) is 2.54. The zero-order valence-corrected chi connectivity index (χ0v) is 12.7. The van der Waals surface area contributed by atoms with E-state index in [-0.39, 0.29) is 5.91 Å². The first-order chi connectivity index (χ1) is 10.1. The van der Waals surface area contributed by atoms with Gasteiger partial charge in [-0.15, -0.1) is 0 Å². The highest BCUT2D eigenvalue weighted by Crippen LogP contribution is 2.33. The van der Waals surface area contributed by atoms with Crippen LogP contribution in [0.1, 0.15) is 22.3 Å². The van der Waals surface area contributed by atoms with E-state index in [4.69, 9.17) is 17.0 Å². The van der Waals surface area contributed by atoms with Crippen molar-refractivity contribution in [3.8, 4) is 5.75 Å². The van der Waals surface area contributed by atoms with E-state index >= 15 is 0 Å². The Labute approximate surface area is 128 Å². The van der Waals surface area contributed by atoms with Crippen molar-refractivity contribution in [3.05, 3.63) is 58.7 Å². The largest absolute Gasteiger partial charge is 0.497 e. The number of carbonyl (C=O) groups is 1. The van der Waals surface area contributed by atoms with Crippen LogP contribution < -0.4 is 10.1 Å². The Bertz CT molecular complexity index is 735. The number of fused-ring (bicyclic) bond motifs is 1. The number of hydrogen-bond donors (Lipinski definition) is 1. The summed E-state index contributed by atoms with van der Waals surface area (Å²) in [5, 5.41) is 2.90. The van der Waals surface area contributed by atoms with Crippen molar-refractivity contribution in [1.29, 1.82) is 0 Å². The molecule has 1 aliphatic rings. The fourth-order valence-corrected chi connectivity index (χ4v) is 2.77. The van der Waals surface area contributed by atoms with Crippen LogP contribution in [0.4, 0.5) is 5.69 Å². The summed E-state index contributed by atoms with van der Waals surface area (Å²) in [6.07, 6.45) is 0.371. The molecule has 4 heteroatoms. The van der Waals surface area contributed by atoms with Crippen LogP contribution in [-0.2, 0) is 11.2 Å². The van der Waals surface area contributed by atoms with Gasteiger partial charge in [-0.1, -0.05) is 42.0 Å². The van der Waals surface area contributed by atoms with Gasteiger partial charge in [0.2, 0.25) is 5.91 Å². The van der Waals surface area contributed by atoms with Gasteiger partial charge in [0.25, 0.3) is 0 Å². The van der Waals surface area contributed by atoms with E-state index in [2.05, 4.69) is 5.32 Å². The molecule has 1 aliphatic heterocycles. The summed E-state index contributed by atoms with van der Waals surface area (Å²) in [6, 6.07) is 11.8. The van der Waals surface area contributed by atoms with Crippen LogP contribution in [0, 0.1) is 6.92 Å². The number of carbonyl (C=O) groups excluding carboxylic acids is 1. The predicted molar refractivity (Wildman–Crippen MR) is 87.3 cm³/mol. The Morgan fingerprint density at radius 1 is 1.24 bits per heavy atom. The van der Waals surface area contributed by atoms with Crippen molar-refractivity contribution in [2.45, 2.75) is 13.3 Å². The highest BCUT2D eigenvalue weighted by Gasteiger charge is 2.24. The number of rotatable bonds is 3. The number of methoxy groups -OCH3 is 1. The topological polar surface area (TPSA) is 38.3 Å². The zero-order valence-electron chi connectivity index (χ0n) is 11.9. The molecule has 2 aromatic carbocycles. The minimum atomic E-state index is -0.00814. The smallest absolute Gasteiger partial charge is 0.228 e. The molecule has 21 heavy (non-hydrogen) atoms. The summed E-state index contributed by atoms with van der Waals surface area (Å²) in [4.78, 5) is 12.4. The Kier molecular flexibility index (Phi) is 3.47. The molecule has 106 valence electrons. The van der Waals surface area contributed by atoms with Gasteiger partial charge in [0, 0.05) is 5.56 Å². The molecule has 0 spiro atoms. The third-order valence-corrected chi connectivity index (χ3v) is 4.06. The van der Waals surface area contributed by atoms with Gasteiger partial charge in [0.05, 0.1) is 24.1 Å². The summed E-state index contributed by atoms with van der Waals surface area (Å²) in [5.41, 5.74) is 4.74. The lowest BCUT2D eigenvalue weighted by Gasteiger charge is -2.12. The summed E-state index contributed by atoms with van der Waals surface area (Å²) < 4.78 is 5.32. The second kappa shape index (κ2) is 5.30. The second-order valence-electron chi connectivity index (χ2n) is 5.13. The predicted octanol–water partition coefficient (Wildman–Crippen LogP) is 3.26. The van der Waals surface area contributed by atoms with Crippen molar-refractivity contribution in [1.82, 2.24) is 0 Å². The SMILES string of the molecule is COc1cc2c(c(C(=S)c3ccc(C)cc3)c1)NC(=O)C2. The molecule has 0 aromatic heterocycles. The zero-order chi connectivity index (χ0) is 15.0. The van der Waals surface area contributed by atoms with Crippen LogP contribution in [-0.4, -0.2) is 17.9 Å². The van der Waals surface area contributed by atoms with Crippen molar-refractivity contribution in [2.24, 2.45) is 0 Å². The lowest BCUT2D eigenvalue weighted by atomic mass is 9.99. The maximum Gasteiger partial charge on any atom is 0.228 e. The van der Waals surface area contributed by atoms with Gasteiger partial charge >= 0.3 is 0 Å². The van der Waals surface area contributed by atoms with Gasteiger partial charge in [0.1, 0.15) is 5.75 Å². The van der Waals surface area contributed by atoms with Crippen LogP contribution in [0.25, 0.3) is 0 Å². The molecule has 0 saturated carbocycles. The first-order valence-corrected chi connectivity index (χ1v) is 7.11. The molecule has 1 N–H and O–H groups in total. The van der Waals surface area contributed by atoms with Crippen LogP contribution in [0.3, 0.4) is 0 Å². The average molecular weight is 297 g/mol. The molecule has 2 aromatic rings. The maximum absolute atomic E-state index is 11.7. The monoisotopic (exact) mass is 297 g/mol. The van der Waals surface area contributed by atoms with Crippen molar-refractivity contribution in [2.75, 3.05) is 12.4 Å². The first kappa shape index (κ1) is 13.8. The third-order valence-electron chi connectivity index (χ3n) is 3.60. The van der Waals surface area contributed by atoms with E-state index in [1.165, 1.54) is 5.56 Å². The molecule has 0 unspecified atom stereocenters. The Morgan fingerprint density at radius 3 is 2.62 bits per heavy atom. The van der Waals surface area contributed by atoms with E-state index in [9.17, 15) is 4.79 Å². The summed E-state index contributed by atoms with van der Waals surface area (Å²) in [6.45, 7) is 2.04. The van der Waals surface area contributed by atoms with Gasteiger partial charge in [-0.25, -0.2) is 0 Å². The van der Waals surface area contributed by atoms with Crippen molar-refractivity contribution in [3.63, 3.8) is 0 Å². The molecule has 0 bridgehead atoms. The van der Waals surface area contributed by atoms with Gasteiger partial charge in [0.15, 0.2) is 0 Å². The normalized spacial score (nSPS) is 12.8. The highest BCUT2D eigenvalue weighted by molar-refractivity contribution is 7.81. The summed E-state index contributed by atoms with van der Waals surface area (Å²) in [5.74, 6) is 0.709. The fraction of sp³-hybridized carbons (Fsp3) is 0.176. The quantitative estimate of drug-likeness (QED) is 0.698. The number of amides is 1. The Hall–Kier alpha value is -2.20. The number of ether oxygens (including phenoxy) is 1. The number of benzene rings is 2. The van der Waals surface area contributed by atoms with Crippen LogP contribution in [0.2, 0.25) is 0 Å². The standard InChI is InChI=1S/C17H15NO2S/c1-10-3-5-11(6-4-10)17(21)14-9-13(20-2)7-12-8-15(19)18-16(12)14/h3-7,9H,8H2,1-2H3,(H,18,19). The van der Waals surface area contributed by atoms with E-state index in [1.54, 1.807) is 7.11 Å². The fourth-order valence-electron chi connectivity index (χ4n) is 2.47. The average Bonchev–Trinajstić information content (AvgIpc) is 2.86. The summed E-state index contributed by atoms with van der Waals surface area (Å²) in [7, 11) is 1.62. The maximum atomic E-state index is 11.7. The lowest BCUT2D eigenvalue weighted by molar-refractivity contribution is -0.115. The first-order valence-electron chi connectivity index (χ1n) is 6.70. The summed E-state index contributed by atoms with van der Waals surface area (Å²) >= 11 is 5.61. The molecular weight excluding hydrogens is 282 g/mol. The highest BCUT2D eigenvalue weighted by atomic mass is 32.1. The minimum Gasteiger partial charge on any atom is -0.497 e. The van der Waals surface area contributed by atoms with E-state index in [0.717, 1.165) is 28.1 Å². The van der Waals surface area contributed by atoms with E-state index in [1.807, 2.05) is 43.3 Å². The lowest BCUT2D eigenvalue weighted by Crippen LogP contribution is -2.08. The molecule has 0 radical (unpaired) electrons. The second-order valence-corrected chi connectivity index (χ2v) is 5.54. The molecular formula is C17H15NO2S. The number of hydrogen-bond acceptors (Lipinski definition) is 3. The molecule has 0 saturated heterocycles. The molecule has 1 amide bonds. The molecule has 0 fully saturated rings. The molecule has 3 nitrogen and oxygen atoms in total. The van der Waals surface area contributed by atoms with Crippen molar-refractivity contribution < 1.29 is 9.53 Å². The molecule has 0 atom stereocenters. The Morgan fingerprint density at radius 2 is 1.95 bits per heavy atom. The number of anilines is 1. The van der Waals surface area contributed by atoms with Gasteiger partial charge in [-0.05, 0) is 30.2 Å². The number of nitrogens with one attached hydrogen (secondary N) is 1. The Balaban J connectivity index is 2.09. The van der Waals surface area contributed by atoms with Gasteiger partial charge in [-0.2, -0.15) is 0 Å². The van der Waals surface area contributed by atoms with Crippen LogP contribution >= 0.6 is 12.2 Å². The van der Waals surface area contributed by atoms with Gasteiger partial charge in [-0.3, -0.25) is 4.79 Å². The van der Waals surface area contributed by atoms with Crippen LogP contribution in [0.5, 0.6) is 5.75 Å². The van der Waals surface area contributed by atoms with Crippen LogP contribution in [0.15, 0.2) is 36.4 Å². The van der Waals surface area contributed by atoms with Crippen molar-refractivity contribution >= 4 is 28.7 Å². The number of aryl methyl sites for hydroxylation is 1. The molecule has 3 rings (SSSR count).